The zero-order chi connectivity index (χ0) is 20.6. The van der Waals surface area contributed by atoms with Gasteiger partial charge >= 0.3 is 0 Å². The van der Waals surface area contributed by atoms with Crippen molar-refractivity contribution in [2.24, 2.45) is 11.8 Å². The molecule has 4 rings (SSSR count). The molecule has 1 aliphatic carbocycles. The minimum absolute atomic E-state index is 0.159. The molecule has 7 nitrogen and oxygen atoms in total. The van der Waals surface area contributed by atoms with Gasteiger partial charge in [0.05, 0.1) is 24.9 Å². The second kappa shape index (κ2) is 10.5. The van der Waals surface area contributed by atoms with Gasteiger partial charge in [-0.15, -0.1) is 0 Å². The zero-order valence-corrected chi connectivity index (χ0v) is 17.1. The number of allylic oxidation sites excluding steroid dienone is 2. The lowest BCUT2D eigenvalue weighted by atomic mass is 10.0. The highest BCUT2D eigenvalue weighted by atomic mass is 16.5. The summed E-state index contributed by atoms with van der Waals surface area (Å²) < 4.78 is 5.91. The van der Waals surface area contributed by atoms with E-state index in [-0.39, 0.29) is 18.4 Å². The fourth-order valence-corrected chi connectivity index (χ4v) is 4.35. The lowest BCUT2D eigenvalue weighted by Gasteiger charge is -2.32. The van der Waals surface area contributed by atoms with Gasteiger partial charge in [0.15, 0.2) is 0 Å². The molecule has 2 fully saturated rings. The maximum atomic E-state index is 12.9. The van der Waals surface area contributed by atoms with Crippen molar-refractivity contribution in [1.82, 2.24) is 14.8 Å². The first-order valence-electron chi connectivity index (χ1n) is 10.4. The molecule has 0 radical (unpaired) electrons. The number of aromatic nitrogens is 1. The van der Waals surface area contributed by atoms with Gasteiger partial charge in [0, 0.05) is 44.2 Å². The molecule has 2 saturated heterocycles. The third kappa shape index (κ3) is 5.64. The maximum absolute atomic E-state index is 12.9. The summed E-state index contributed by atoms with van der Waals surface area (Å²) in [4.78, 5) is 30.5. The molecule has 1 N–H and O–H groups in total. The minimum atomic E-state index is -0.250. The van der Waals surface area contributed by atoms with Crippen molar-refractivity contribution >= 4 is 12.4 Å². The van der Waals surface area contributed by atoms with Gasteiger partial charge in [-0.1, -0.05) is 25.1 Å². The lowest BCUT2D eigenvalue weighted by Crippen LogP contribution is -2.47. The topological polar surface area (TPSA) is 83.0 Å². The van der Waals surface area contributed by atoms with Crippen LogP contribution in [0, 0.1) is 11.8 Å². The lowest BCUT2D eigenvalue weighted by molar-refractivity contribution is -0.137. The van der Waals surface area contributed by atoms with Crippen molar-refractivity contribution in [3.63, 3.8) is 0 Å². The number of aryl methyl sites for hydroxylation is 1. The Morgan fingerprint density at radius 3 is 2.66 bits per heavy atom. The number of hydrogen-bond acceptors (Lipinski definition) is 5. The largest absolute Gasteiger partial charge is 0.483 e. The van der Waals surface area contributed by atoms with Crippen molar-refractivity contribution in [3.8, 4) is 0 Å². The van der Waals surface area contributed by atoms with E-state index >= 15 is 0 Å². The number of rotatable bonds is 4. The van der Waals surface area contributed by atoms with Gasteiger partial charge < -0.3 is 14.7 Å². The smallest absolute Gasteiger partial charge is 0.290 e. The van der Waals surface area contributed by atoms with Crippen LogP contribution < -0.4 is 0 Å². The zero-order valence-electron chi connectivity index (χ0n) is 17.1. The Balaban J connectivity index is 0.000000755. The number of fused-ring (bicyclic) bond motifs is 3. The number of carbonyl (C=O) groups excluding carboxylic acids is 1. The Kier molecular flexibility index (Phi) is 7.77. The van der Waals surface area contributed by atoms with E-state index in [4.69, 9.17) is 14.6 Å². The Labute approximate surface area is 172 Å². The van der Waals surface area contributed by atoms with Crippen molar-refractivity contribution in [1.29, 1.82) is 0 Å². The summed E-state index contributed by atoms with van der Waals surface area (Å²) in [5.74, 6) is 0.876. The number of ether oxygens (including phenoxy) is 1. The van der Waals surface area contributed by atoms with Crippen LogP contribution >= 0.6 is 0 Å². The van der Waals surface area contributed by atoms with Crippen LogP contribution in [0.5, 0.6) is 0 Å². The van der Waals surface area contributed by atoms with Crippen LogP contribution in [0.25, 0.3) is 0 Å². The van der Waals surface area contributed by atoms with Gasteiger partial charge in [0.25, 0.3) is 6.47 Å². The molecule has 0 aromatic carbocycles. The molecule has 3 heterocycles. The highest BCUT2D eigenvalue weighted by molar-refractivity contribution is 5.79. The third-order valence-corrected chi connectivity index (χ3v) is 5.91. The second-order valence-corrected chi connectivity index (χ2v) is 7.99. The van der Waals surface area contributed by atoms with E-state index in [0.717, 1.165) is 57.7 Å². The van der Waals surface area contributed by atoms with Crippen LogP contribution in [0.4, 0.5) is 0 Å². The predicted octanol–water partition coefficient (Wildman–Crippen LogP) is 1.97. The van der Waals surface area contributed by atoms with Crippen molar-refractivity contribution in [2.45, 2.75) is 38.8 Å². The fraction of sp³-hybridized carbons (Fsp3) is 0.591. The van der Waals surface area contributed by atoms with Gasteiger partial charge in [-0.25, -0.2) is 0 Å². The molecule has 7 heteroatoms. The number of carboxylic acid groups (broad SMARTS) is 1. The van der Waals surface area contributed by atoms with Gasteiger partial charge in [-0.3, -0.25) is 19.5 Å². The molecule has 1 aromatic heterocycles. The standard InChI is InChI=1S/C21H29N3O2.CH2O2/c1-2-16-7-8-19(22-9-16)12-23-10-17-11-24(13-20(23)15-26-14-17)21(25)18-5-3-4-6-18;2-1-3/h3-4,7-9,17-18,20H,2,5-6,10-15H2,1H3;1H,(H,2,3)/t17-,20+;/m1./s1. The Morgan fingerprint density at radius 1 is 1.24 bits per heavy atom. The van der Waals surface area contributed by atoms with Crippen LogP contribution in [-0.4, -0.2) is 71.2 Å². The number of hydrogen-bond donors (Lipinski definition) is 1. The molecule has 3 aliphatic rings. The third-order valence-electron chi connectivity index (χ3n) is 5.91. The van der Waals surface area contributed by atoms with E-state index in [1.807, 2.05) is 6.20 Å². The summed E-state index contributed by atoms with van der Waals surface area (Å²) in [5, 5.41) is 6.89. The number of nitrogens with zero attached hydrogens (tertiary/aromatic N) is 3. The molecule has 0 saturated carbocycles. The van der Waals surface area contributed by atoms with Crippen LogP contribution in [0.15, 0.2) is 30.5 Å². The van der Waals surface area contributed by atoms with Gasteiger partial charge in [-0.2, -0.15) is 0 Å². The highest BCUT2D eigenvalue weighted by Gasteiger charge is 2.37. The van der Waals surface area contributed by atoms with Crippen molar-refractivity contribution < 1.29 is 19.4 Å². The summed E-state index contributed by atoms with van der Waals surface area (Å²) in [5.41, 5.74) is 2.38. The summed E-state index contributed by atoms with van der Waals surface area (Å²) in [6.45, 7) is 6.77. The molecule has 2 aliphatic heterocycles. The molecule has 1 amide bonds. The van der Waals surface area contributed by atoms with E-state index in [1.54, 1.807) is 0 Å². The van der Waals surface area contributed by atoms with Crippen LogP contribution in [0.1, 0.15) is 31.0 Å². The summed E-state index contributed by atoms with van der Waals surface area (Å²) in [6, 6.07) is 4.57. The van der Waals surface area contributed by atoms with Crippen LogP contribution in [0.3, 0.4) is 0 Å². The average molecular weight is 402 g/mol. The minimum Gasteiger partial charge on any atom is -0.483 e. The SMILES string of the molecule is CCc1ccc(CN2C[C@H]3COC[C@@H]2CN(C(=O)C2CC=CC2)C3)nc1.O=CO. The summed E-state index contributed by atoms with van der Waals surface area (Å²) in [6.07, 6.45) is 9.09. The Hall–Kier alpha value is -2.25. The van der Waals surface area contributed by atoms with E-state index in [9.17, 15) is 4.79 Å². The van der Waals surface area contributed by atoms with Crippen molar-refractivity contribution in [3.05, 3.63) is 41.7 Å². The number of pyridine rings is 1. The molecule has 158 valence electrons. The second-order valence-electron chi connectivity index (χ2n) is 7.99. The van der Waals surface area contributed by atoms with Gasteiger partial charge in [-0.05, 0) is 30.9 Å². The molecule has 29 heavy (non-hydrogen) atoms. The van der Waals surface area contributed by atoms with Crippen molar-refractivity contribution in [2.75, 3.05) is 32.8 Å². The monoisotopic (exact) mass is 401 g/mol. The normalized spacial score (nSPS) is 24.5. The average Bonchev–Trinajstić information content (AvgIpc) is 3.12. The quantitative estimate of drug-likeness (QED) is 0.614. The predicted molar refractivity (Wildman–Crippen MR) is 109 cm³/mol. The molecular weight excluding hydrogens is 370 g/mol. The molecule has 2 atom stereocenters. The highest BCUT2D eigenvalue weighted by Crippen LogP contribution is 2.26. The first kappa shape index (κ1) is 21.5. The molecule has 0 unspecified atom stereocenters. The van der Waals surface area contributed by atoms with Gasteiger partial charge in [0.1, 0.15) is 0 Å². The summed E-state index contributed by atoms with van der Waals surface area (Å²) >= 11 is 0. The van der Waals surface area contributed by atoms with E-state index in [0.29, 0.717) is 18.4 Å². The Morgan fingerprint density at radius 2 is 2.00 bits per heavy atom. The first-order valence-corrected chi connectivity index (χ1v) is 10.4. The fourth-order valence-electron chi connectivity index (χ4n) is 4.35. The van der Waals surface area contributed by atoms with Crippen LogP contribution in [-0.2, 0) is 27.3 Å². The Bertz CT molecular complexity index is 699. The van der Waals surface area contributed by atoms with E-state index < -0.39 is 0 Å². The molecule has 2 bridgehead atoms. The molecular formula is C22H31N3O4. The summed E-state index contributed by atoms with van der Waals surface area (Å²) in [7, 11) is 0. The first-order chi connectivity index (χ1) is 14.1. The van der Waals surface area contributed by atoms with Crippen LogP contribution in [0.2, 0.25) is 0 Å². The number of carbonyl (C=O) groups is 2. The maximum Gasteiger partial charge on any atom is 0.290 e. The number of amides is 1. The van der Waals surface area contributed by atoms with Gasteiger partial charge in [0.2, 0.25) is 5.91 Å². The van der Waals surface area contributed by atoms with E-state index in [2.05, 4.69) is 46.0 Å². The molecule has 1 aromatic rings. The molecule has 0 spiro atoms. The van der Waals surface area contributed by atoms with E-state index in [1.165, 1.54) is 5.56 Å².